The molecule has 3 rings (SSSR count). The molecule has 1 aromatic heterocycles. The molecule has 2 aromatic carbocycles. The van der Waals surface area contributed by atoms with Crippen molar-refractivity contribution in [2.75, 3.05) is 5.73 Å². The summed E-state index contributed by atoms with van der Waals surface area (Å²) in [4.78, 5) is 16.6. The molecule has 0 saturated heterocycles. The summed E-state index contributed by atoms with van der Waals surface area (Å²) in [6, 6.07) is 9.57. The first-order valence-electron chi connectivity index (χ1n) is 6.23. The van der Waals surface area contributed by atoms with Gasteiger partial charge in [0.1, 0.15) is 5.82 Å². The van der Waals surface area contributed by atoms with Crippen LogP contribution in [0.4, 0.5) is 10.1 Å². The summed E-state index contributed by atoms with van der Waals surface area (Å²) in [6.07, 6.45) is 1.42. The molecule has 0 fully saturated rings. The zero-order valence-electron chi connectivity index (χ0n) is 10.9. The number of nitrogens with zero attached hydrogens (tertiary/aromatic N) is 2. The maximum absolute atomic E-state index is 13.8. The fraction of sp³-hybridized carbons (Fsp3) is 0.0667. The van der Waals surface area contributed by atoms with Crippen molar-refractivity contribution < 1.29 is 4.39 Å². The summed E-state index contributed by atoms with van der Waals surface area (Å²) in [5.41, 5.74) is 6.93. The van der Waals surface area contributed by atoms with Crippen molar-refractivity contribution in [1.82, 2.24) is 9.55 Å². The molecule has 0 aliphatic rings. The van der Waals surface area contributed by atoms with E-state index in [2.05, 4.69) is 20.9 Å². The van der Waals surface area contributed by atoms with Gasteiger partial charge in [-0.1, -0.05) is 15.9 Å². The molecule has 0 saturated carbocycles. The van der Waals surface area contributed by atoms with Crippen LogP contribution in [0.5, 0.6) is 0 Å². The maximum Gasteiger partial charge on any atom is 0.261 e. The fourth-order valence-corrected chi connectivity index (χ4v) is 2.55. The zero-order valence-corrected chi connectivity index (χ0v) is 12.5. The largest absolute Gasteiger partial charge is 0.399 e. The highest BCUT2D eigenvalue weighted by Gasteiger charge is 2.08. The number of fused-ring (bicyclic) bond motifs is 1. The van der Waals surface area contributed by atoms with Gasteiger partial charge in [0.25, 0.3) is 5.56 Å². The second-order valence-electron chi connectivity index (χ2n) is 4.69. The predicted octanol–water partition coefficient (Wildman–Crippen LogP) is 2.93. The van der Waals surface area contributed by atoms with E-state index in [0.29, 0.717) is 22.2 Å². The molecule has 1 heterocycles. The van der Waals surface area contributed by atoms with Gasteiger partial charge in [-0.05, 0) is 36.4 Å². The minimum absolute atomic E-state index is 0.113. The van der Waals surface area contributed by atoms with Gasteiger partial charge in [0, 0.05) is 15.7 Å². The number of rotatable bonds is 2. The van der Waals surface area contributed by atoms with E-state index >= 15 is 0 Å². The minimum Gasteiger partial charge on any atom is -0.399 e. The van der Waals surface area contributed by atoms with E-state index in [1.54, 1.807) is 30.3 Å². The first-order valence-corrected chi connectivity index (χ1v) is 7.02. The first-order chi connectivity index (χ1) is 10.0. The molecular formula is C15H11BrFN3O. The summed E-state index contributed by atoms with van der Waals surface area (Å²) in [5.74, 6) is -0.363. The van der Waals surface area contributed by atoms with E-state index < -0.39 is 0 Å². The van der Waals surface area contributed by atoms with Gasteiger partial charge in [-0.25, -0.2) is 9.37 Å². The Morgan fingerprint density at radius 3 is 2.86 bits per heavy atom. The normalized spacial score (nSPS) is 11.0. The van der Waals surface area contributed by atoms with Crippen molar-refractivity contribution in [3.8, 4) is 0 Å². The Labute approximate surface area is 128 Å². The number of benzene rings is 2. The van der Waals surface area contributed by atoms with Gasteiger partial charge in [-0.3, -0.25) is 9.36 Å². The molecule has 0 aliphatic heterocycles. The summed E-state index contributed by atoms with van der Waals surface area (Å²) in [5, 5.41) is 0.424. The van der Waals surface area contributed by atoms with Crippen molar-refractivity contribution in [1.29, 1.82) is 0 Å². The Kier molecular flexibility index (Phi) is 3.47. The number of hydrogen-bond donors (Lipinski definition) is 1. The van der Waals surface area contributed by atoms with Gasteiger partial charge >= 0.3 is 0 Å². The molecule has 0 atom stereocenters. The van der Waals surface area contributed by atoms with E-state index in [0.717, 1.165) is 4.47 Å². The van der Waals surface area contributed by atoms with Crippen LogP contribution < -0.4 is 11.3 Å². The molecule has 21 heavy (non-hydrogen) atoms. The van der Waals surface area contributed by atoms with Crippen LogP contribution >= 0.6 is 15.9 Å². The molecule has 6 heteroatoms. The molecule has 0 radical (unpaired) electrons. The Morgan fingerprint density at radius 2 is 2.05 bits per heavy atom. The molecule has 0 spiro atoms. The van der Waals surface area contributed by atoms with Gasteiger partial charge in [-0.2, -0.15) is 0 Å². The third-order valence-electron chi connectivity index (χ3n) is 3.20. The van der Waals surface area contributed by atoms with Crippen LogP contribution in [0.15, 0.2) is 52.0 Å². The average Bonchev–Trinajstić information content (AvgIpc) is 2.46. The van der Waals surface area contributed by atoms with Gasteiger partial charge in [0.15, 0.2) is 0 Å². The minimum atomic E-state index is -0.363. The van der Waals surface area contributed by atoms with E-state index in [4.69, 9.17) is 5.73 Å². The van der Waals surface area contributed by atoms with Crippen molar-refractivity contribution in [2.24, 2.45) is 0 Å². The second kappa shape index (κ2) is 5.29. The van der Waals surface area contributed by atoms with Crippen molar-refractivity contribution in [3.05, 3.63) is 68.9 Å². The Morgan fingerprint density at radius 1 is 1.24 bits per heavy atom. The molecule has 0 amide bonds. The zero-order chi connectivity index (χ0) is 15.0. The summed E-state index contributed by atoms with van der Waals surface area (Å²) in [6.45, 7) is 0.113. The number of anilines is 1. The Balaban J connectivity index is 2.11. The Hall–Kier alpha value is -2.21. The fourth-order valence-electron chi connectivity index (χ4n) is 2.14. The predicted molar refractivity (Wildman–Crippen MR) is 83.6 cm³/mol. The van der Waals surface area contributed by atoms with E-state index in [1.807, 2.05) is 0 Å². The molecule has 2 N–H and O–H groups in total. The summed E-state index contributed by atoms with van der Waals surface area (Å²) in [7, 11) is 0. The second-order valence-corrected chi connectivity index (χ2v) is 5.61. The number of aromatic nitrogens is 2. The van der Waals surface area contributed by atoms with E-state index in [9.17, 15) is 9.18 Å². The highest BCUT2D eigenvalue weighted by atomic mass is 79.9. The van der Waals surface area contributed by atoms with Gasteiger partial charge in [0.05, 0.1) is 23.8 Å². The molecule has 106 valence electrons. The molecular weight excluding hydrogens is 337 g/mol. The highest BCUT2D eigenvalue weighted by Crippen LogP contribution is 2.17. The van der Waals surface area contributed by atoms with Crippen molar-refractivity contribution in [3.63, 3.8) is 0 Å². The van der Waals surface area contributed by atoms with E-state index in [1.165, 1.54) is 17.0 Å². The molecule has 0 aliphatic carbocycles. The summed E-state index contributed by atoms with van der Waals surface area (Å²) < 4.78 is 15.9. The highest BCUT2D eigenvalue weighted by molar-refractivity contribution is 9.10. The number of nitrogen functional groups attached to an aromatic ring is 1. The van der Waals surface area contributed by atoms with Crippen LogP contribution in [-0.2, 0) is 6.54 Å². The van der Waals surface area contributed by atoms with Crippen LogP contribution in [0.2, 0.25) is 0 Å². The first kappa shape index (κ1) is 13.8. The lowest BCUT2D eigenvalue weighted by molar-refractivity contribution is 0.595. The smallest absolute Gasteiger partial charge is 0.261 e. The van der Waals surface area contributed by atoms with E-state index in [-0.39, 0.29) is 17.9 Å². The third kappa shape index (κ3) is 2.67. The Bertz CT molecular complexity index is 892. The number of hydrogen-bond acceptors (Lipinski definition) is 3. The van der Waals surface area contributed by atoms with Gasteiger partial charge in [-0.15, -0.1) is 0 Å². The lowest BCUT2D eigenvalue weighted by Crippen LogP contribution is -2.21. The molecule has 4 nitrogen and oxygen atoms in total. The topological polar surface area (TPSA) is 60.9 Å². The quantitative estimate of drug-likeness (QED) is 0.725. The van der Waals surface area contributed by atoms with Crippen molar-refractivity contribution in [2.45, 2.75) is 6.54 Å². The van der Waals surface area contributed by atoms with Crippen molar-refractivity contribution >= 4 is 32.5 Å². The average molecular weight is 348 g/mol. The summed E-state index contributed by atoms with van der Waals surface area (Å²) >= 11 is 3.29. The van der Waals surface area contributed by atoms with Gasteiger partial charge < -0.3 is 5.73 Å². The standard InChI is InChI=1S/C15H11BrFN3O/c16-10-1-3-13(17)9(5-10)7-20-8-19-14-4-2-11(18)6-12(14)15(20)21/h1-6,8H,7,18H2. The molecule has 0 unspecified atom stereocenters. The van der Waals surface area contributed by atoms with Gasteiger partial charge in [0.2, 0.25) is 0 Å². The SMILES string of the molecule is Nc1ccc2ncn(Cc3cc(Br)ccc3F)c(=O)c2c1. The third-order valence-corrected chi connectivity index (χ3v) is 3.69. The molecule has 0 bridgehead atoms. The lowest BCUT2D eigenvalue weighted by atomic mass is 10.2. The number of nitrogens with two attached hydrogens (primary N) is 1. The monoisotopic (exact) mass is 347 g/mol. The van der Waals surface area contributed by atoms with Crippen LogP contribution in [0, 0.1) is 5.82 Å². The van der Waals surface area contributed by atoms with Crippen LogP contribution in [-0.4, -0.2) is 9.55 Å². The number of halogens is 2. The van der Waals surface area contributed by atoms with Crippen LogP contribution in [0.3, 0.4) is 0 Å². The molecule has 3 aromatic rings. The lowest BCUT2D eigenvalue weighted by Gasteiger charge is -2.08. The maximum atomic E-state index is 13.8. The van der Waals surface area contributed by atoms with Crippen LogP contribution in [0.1, 0.15) is 5.56 Å². The van der Waals surface area contributed by atoms with Crippen LogP contribution in [0.25, 0.3) is 10.9 Å².